The van der Waals surface area contributed by atoms with Gasteiger partial charge in [0.25, 0.3) is 5.91 Å². The van der Waals surface area contributed by atoms with Crippen LogP contribution in [-0.4, -0.2) is 16.0 Å². The van der Waals surface area contributed by atoms with Crippen LogP contribution in [0.2, 0.25) is 5.02 Å². The van der Waals surface area contributed by atoms with Crippen molar-refractivity contribution >= 4 is 34.1 Å². The summed E-state index contributed by atoms with van der Waals surface area (Å²) in [6, 6.07) is 10.7. The van der Waals surface area contributed by atoms with E-state index < -0.39 is 5.91 Å². The van der Waals surface area contributed by atoms with Gasteiger partial charge in [-0.15, -0.1) is 10.2 Å². The van der Waals surface area contributed by atoms with Crippen molar-refractivity contribution in [2.75, 3.05) is 0 Å². The highest BCUT2D eigenvalue weighted by Crippen LogP contribution is 2.36. The van der Waals surface area contributed by atoms with E-state index in [2.05, 4.69) is 15.2 Å². The third-order valence-corrected chi connectivity index (χ3v) is 3.82. The minimum absolute atomic E-state index is 0.128. The molecule has 0 radical (unpaired) electrons. The molecule has 1 amide bonds. The molecule has 1 aromatic heterocycles. The van der Waals surface area contributed by atoms with E-state index in [0.717, 1.165) is 16.6 Å². The van der Waals surface area contributed by atoms with Gasteiger partial charge in [0.05, 0.1) is 16.1 Å². The largest absolute Gasteiger partial charge is 0.493 e. The first kappa shape index (κ1) is 15.2. The number of azo groups is 1. The normalized spacial score (nSPS) is 11.4. The molecule has 0 unspecified atom stereocenters. The summed E-state index contributed by atoms with van der Waals surface area (Å²) in [7, 11) is 0. The van der Waals surface area contributed by atoms with Gasteiger partial charge in [-0.05, 0) is 43.7 Å². The third kappa shape index (κ3) is 2.96. The SMILES string of the molecule is Cc1ccc(C(=O)N=Nc2c(O)[nH]c3ccc(C)cc23)c(Cl)c1. The fourth-order valence-electron chi connectivity index (χ4n) is 2.32. The molecule has 0 aliphatic rings. The molecule has 0 atom stereocenters. The van der Waals surface area contributed by atoms with Crippen LogP contribution < -0.4 is 0 Å². The molecule has 23 heavy (non-hydrogen) atoms. The Morgan fingerprint density at radius 2 is 1.83 bits per heavy atom. The maximum atomic E-state index is 12.1. The number of aromatic amines is 1. The van der Waals surface area contributed by atoms with Crippen molar-refractivity contribution in [2.24, 2.45) is 10.2 Å². The van der Waals surface area contributed by atoms with Gasteiger partial charge in [-0.3, -0.25) is 4.79 Å². The highest BCUT2D eigenvalue weighted by molar-refractivity contribution is 6.33. The molecule has 1 heterocycles. The van der Waals surface area contributed by atoms with Crippen LogP contribution in [0.25, 0.3) is 10.9 Å². The van der Waals surface area contributed by atoms with Crippen LogP contribution in [0.3, 0.4) is 0 Å². The van der Waals surface area contributed by atoms with E-state index in [1.54, 1.807) is 18.2 Å². The second kappa shape index (κ2) is 5.85. The lowest BCUT2D eigenvalue weighted by molar-refractivity contribution is 0.0995. The Labute approximate surface area is 137 Å². The minimum atomic E-state index is -0.559. The first-order valence-corrected chi connectivity index (χ1v) is 7.37. The number of halogens is 1. The summed E-state index contributed by atoms with van der Waals surface area (Å²) in [6.45, 7) is 3.82. The lowest BCUT2D eigenvalue weighted by atomic mass is 10.1. The number of hydrogen-bond donors (Lipinski definition) is 2. The van der Waals surface area contributed by atoms with E-state index in [1.807, 2.05) is 32.0 Å². The van der Waals surface area contributed by atoms with Gasteiger partial charge in [0.1, 0.15) is 0 Å². The number of carbonyl (C=O) groups excluding carboxylic acids is 1. The van der Waals surface area contributed by atoms with Crippen molar-refractivity contribution in [3.63, 3.8) is 0 Å². The molecular formula is C17H14ClN3O2. The fourth-order valence-corrected chi connectivity index (χ4v) is 2.64. The molecule has 3 rings (SSSR count). The Morgan fingerprint density at radius 1 is 1.13 bits per heavy atom. The van der Waals surface area contributed by atoms with Gasteiger partial charge >= 0.3 is 0 Å². The Balaban J connectivity index is 1.98. The van der Waals surface area contributed by atoms with Crippen molar-refractivity contribution in [1.82, 2.24) is 4.98 Å². The Bertz CT molecular complexity index is 944. The Kier molecular flexibility index (Phi) is 3.88. The number of H-pyrrole nitrogens is 1. The first-order valence-electron chi connectivity index (χ1n) is 6.99. The molecule has 0 fully saturated rings. The summed E-state index contributed by atoms with van der Waals surface area (Å²) in [5.41, 5.74) is 3.20. The van der Waals surface area contributed by atoms with E-state index in [1.165, 1.54) is 0 Å². The predicted molar refractivity (Wildman–Crippen MR) is 89.7 cm³/mol. The minimum Gasteiger partial charge on any atom is -0.493 e. The van der Waals surface area contributed by atoms with Crippen molar-refractivity contribution in [2.45, 2.75) is 13.8 Å². The summed E-state index contributed by atoms with van der Waals surface area (Å²) < 4.78 is 0. The van der Waals surface area contributed by atoms with Crippen molar-refractivity contribution in [1.29, 1.82) is 0 Å². The molecular weight excluding hydrogens is 314 g/mol. The molecule has 0 aliphatic heterocycles. The molecule has 0 saturated carbocycles. The third-order valence-electron chi connectivity index (χ3n) is 3.50. The second-order valence-electron chi connectivity index (χ2n) is 5.36. The molecule has 5 nitrogen and oxygen atoms in total. The number of amides is 1. The van der Waals surface area contributed by atoms with Crippen molar-refractivity contribution in [3.8, 4) is 5.88 Å². The molecule has 0 spiro atoms. The first-order chi connectivity index (χ1) is 11.0. The number of aromatic hydroxyl groups is 1. The van der Waals surface area contributed by atoms with Crippen molar-refractivity contribution < 1.29 is 9.90 Å². The summed E-state index contributed by atoms with van der Waals surface area (Å²) >= 11 is 6.05. The highest BCUT2D eigenvalue weighted by atomic mass is 35.5. The summed E-state index contributed by atoms with van der Waals surface area (Å²) in [4.78, 5) is 15.0. The fraction of sp³-hybridized carbons (Fsp3) is 0.118. The van der Waals surface area contributed by atoms with Crippen LogP contribution in [0.15, 0.2) is 46.6 Å². The van der Waals surface area contributed by atoms with Gasteiger partial charge < -0.3 is 10.1 Å². The number of aryl methyl sites for hydroxylation is 2. The molecule has 2 N–H and O–H groups in total. The van der Waals surface area contributed by atoms with Gasteiger partial charge in [-0.25, -0.2) is 0 Å². The summed E-state index contributed by atoms with van der Waals surface area (Å²) in [6.07, 6.45) is 0. The number of nitrogens with zero attached hydrogens (tertiary/aromatic N) is 2. The number of fused-ring (bicyclic) bond motifs is 1. The maximum Gasteiger partial charge on any atom is 0.296 e. The van der Waals surface area contributed by atoms with E-state index >= 15 is 0 Å². The van der Waals surface area contributed by atoms with E-state index in [0.29, 0.717) is 10.4 Å². The van der Waals surface area contributed by atoms with Gasteiger partial charge in [-0.1, -0.05) is 29.3 Å². The monoisotopic (exact) mass is 327 g/mol. The zero-order valence-corrected chi connectivity index (χ0v) is 13.3. The number of hydrogen-bond acceptors (Lipinski definition) is 3. The average Bonchev–Trinajstić information content (AvgIpc) is 2.79. The molecule has 3 aromatic rings. The number of benzene rings is 2. The van der Waals surface area contributed by atoms with Gasteiger partial charge in [-0.2, -0.15) is 0 Å². The highest BCUT2D eigenvalue weighted by Gasteiger charge is 2.13. The zero-order chi connectivity index (χ0) is 16.6. The number of rotatable bonds is 2. The summed E-state index contributed by atoms with van der Waals surface area (Å²) in [5, 5.41) is 18.6. The van der Waals surface area contributed by atoms with Crippen LogP contribution in [0.4, 0.5) is 5.69 Å². The Hall–Kier alpha value is -2.66. The van der Waals surface area contributed by atoms with Crippen LogP contribution >= 0.6 is 11.6 Å². The molecule has 6 heteroatoms. The smallest absolute Gasteiger partial charge is 0.296 e. The van der Waals surface area contributed by atoms with E-state index in [9.17, 15) is 9.90 Å². The number of nitrogens with one attached hydrogen (secondary N) is 1. The predicted octanol–water partition coefficient (Wildman–Crippen LogP) is 5.07. The maximum absolute atomic E-state index is 12.1. The average molecular weight is 328 g/mol. The topological polar surface area (TPSA) is 77.8 Å². The lowest BCUT2D eigenvalue weighted by Gasteiger charge is -2.00. The van der Waals surface area contributed by atoms with Crippen LogP contribution in [-0.2, 0) is 0 Å². The quantitative estimate of drug-likeness (QED) is 0.645. The van der Waals surface area contributed by atoms with Crippen LogP contribution in [0, 0.1) is 13.8 Å². The molecule has 2 aromatic carbocycles. The van der Waals surface area contributed by atoms with Crippen LogP contribution in [0.5, 0.6) is 5.88 Å². The van der Waals surface area contributed by atoms with Gasteiger partial charge in [0.15, 0.2) is 5.69 Å². The molecule has 0 bridgehead atoms. The molecule has 116 valence electrons. The zero-order valence-electron chi connectivity index (χ0n) is 12.6. The number of aromatic nitrogens is 1. The summed E-state index contributed by atoms with van der Waals surface area (Å²) in [5.74, 6) is -0.687. The Morgan fingerprint density at radius 3 is 2.57 bits per heavy atom. The standard InChI is InChI=1S/C17H14ClN3O2/c1-9-4-6-14-12(7-9)15(17(23)19-14)20-21-16(22)11-5-3-10(2)8-13(11)18/h3-8,19,23H,1-2H3. The van der Waals surface area contributed by atoms with E-state index in [4.69, 9.17) is 11.6 Å². The lowest BCUT2D eigenvalue weighted by Crippen LogP contribution is -1.95. The number of carbonyl (C=O) groups is 1. The van der Waals surface area contributed by atoms with Crippen LogP contribution in [0.1, 0.15) is 21.5 Å². The second-order valence-corrected chi connectivity index (χ2v) is 5.77. The van der Waals surface area contributed by atoms with E-state index in [-0.39, 0.29) is 17.1 Å². The molecule has 0 aliphatic carbocycles. The van der Waals surface area contributed by atoms with Crippen molar-refractivity contribution in [3.05, 3.63) is 58.1 Å². The molecule has 0 saturated heterocycles. The van der Waals surface area contributed by atoms with Gasteiger partial charge in [0.2, 0.25) is 5.88 Å². The van der Waals surface area contributed by atoms with Gasteiger partial charge in [0, 0.05) is 5.39 Å².